The minimum absolute atomic E-state index is 0.174. The molecule has 5 nitrogen and oxygen atoms in total. The van der Waals surface area contributed by atoms with Crippen molar-refractivity contribution in [2.45, 2.75) is 6.92 Å². The molecule has 0 amide bonds. The highest BCUT2D eigenvalue weighted by atomic mass is 79.9. The van der Waals surface area contributed by atoms with Crippen LogP contribution in [0.1, 0.15) is 5.56 Å². The van der Waals surface area contributed by atoms with E-state index < -0.39 is 0 Å². The zero-order chi connectivity index (χ0) is 13.4. The maximum Gasteiger partial charge on any atom is 0.226 e. The van der Waals surface area contributed by atoms with Crippen LogP contribution in [0.2, 0.25) is 5.28 Å². The molecule has 0 bridgehead atoms. The Hall–Kier alpha value is -1.66. The lowest BCUT2D eigenvalue weighted by Gasteiger charge is -2.08. The van der Waals surface area contributed by atoms with E-state index in [2.05, 4.69) is 41.4 Å². The third kappa shape index (κ3) is 2.41. The average molecular weight is 339 g/mol. The summed E-state index contributed by atoms with van der Waals surface area (Å²) in [6.45, 7) is 2.02. The van der Waals surface area contributed by atoms with Crippen LogP contribution in [0.15, 0.2) is 28.9 Å². The number of anilines is 2. The second kappa shape index (κ2) is 4.79. The van der Waals surface area contributed by atoms with Crippen LogP contribution in [0.5, 0.6) is 0 Å². The van der Waals surface area contributed by atoms with Gasteiger partial charge in [0.05, 0.1) is 11.6 Å². The standard InChI is InChI=1S/C12H9BrClN5/c1-6-4-7(2-3-9(6)13)16-10-8-5-15-19-11(8)18-12(14)17-10/h2-5H,1H3,(H2,15,16,17,18,19). The van der Waals surface area contributed by atoms with Crippen molar-refractivity contribution in [2.75, 3.05) is 5.32 Å². The molecule has 0 aliphatic heterocycles. The molecule has 3 aromatic rings. The molecule has 0 spiro atoms. The number of H-pyrrole nitrogens is 1. The number of nitrogens with one attached hydrogen (secondary N) is 2. The van der Waals surface area contributed by atoms with E-state index in [-0.39, 0.29) is 5.28 Å². The van der Waals surface area contributed by atoms with E-state index in [1.165, 1.54) is 0 Å². The first-order valence-electron chi connectivity index (χ1n) is 5.53. The summed E-state index contributed by atoms with van der Waals surface area (Å²) in [5, 5.41) is 10.9. The van der Waals surface area contributed by atoms with Gasteiger partial charge in [-0.05, 0) is 42.3 Å². The Morgan fingerprint density at radius 2 is 2.16 bits per heavy atom. The molecule has 96 valence electrons. The van der Waals surface area contributed by atoms with E-state index in [9.17, 15) is 0 Å². The molecule has 1 aromatic carbocycles. The fraction of sp³-hybridized carbons (Fsp3) is 0.0833. The number of fused-ring (bicyclic) bond motifs is 1. The maximum atomic E-state index is 5.89. The summed E-state index contributed by atoms with van der Waals surface area (Å²) in [5.74, 6) is 0.630. The smallest absolute Gasteiger partial charge is 0.226 e. The van der Waals surface area contributed by atoms with Crippen LogP contribution < -0.4 is 5.32 Å². The fourth-order valence-corrected chi connectivity index (χ4v) is 2.18. The molecule has 0 aliphatic carbocycles. The quantitative estimate of drug-likeness (QED) is 0.697. The number of aryl methyl sites for hydroxylation is 1. The molecule has 0 fully saturated rings. The van der Waals surface area contributed by atoms with E-state index in [4.69, 9.17) is 11.6 Å². The van der Waals surface area contributed by atoms with E-state index in [0.717, 1.165) is 21.1 Å². The molecular weight excluding hydrogens is 330 g/mol. The molecule has 7 heteroatoms. The number of hydrogen-bond acceptors (Lipinski definition) is 4. The summed E-state index contributed by atoms with van der Waals surface area (Å²) >= 11 is 9.36. The average Bonchev–Trinajstić information content (AvgIpc) is 2.82. The number of aromatic amines is 1. The third-order valence-corrected chi connectivity index (χ3v) is 3.76. The Balaban J connectivity index is 2.04. The molecule has 2 aromatic heterocycles. The minimum atomic E-state index is 0.174. The van der Waals surface area contributed by atoms with Crippen LogP contribution >= 0.6 is 27.5 Å². The Morgan fingerprint density at radius 1 is 1.32 bits per heavy atom. The van der Waals surface area contributed by atoms with Crippen molar-refractivity contribution in [1.29, 1.82) is 0 Å². The topological polar surface area (TPSA) is 66.5 Å². The Labute approximate surface area is 122 Å². The van der Waals surface area contributed by atoms with Gasteiger partial charge in [0.25, 0.3) is 0 Å². The van der Waals surface area contributed by atoms with Crippen molar-refractivity contribution in [3.63, 3.8) is 0 Å². The molecule has 2 N–H and O–H groups in total. The fourth-order valence-electron chi connectivity index (χ4n) is 1.76. The molecule has 3 rings (SSSR count). The lowest BCUT2D eigenvalue weighted by atomic mass is 10.2. The predicted octanol–water partition coefficient (Wildman–Crippen LogP) is 3.82. The summed E-state index contributed by atoms with van der Waals surface area (Å²) in [6, 6.07) is 5.96. The predicted molar refractivity (Wildman–Crippen MR) is 78.9 cm³/mol. The van der Waals surface area contributed by atoms with Gasteiger partial charge in [-0.15, -0.1) is 0 Å². The number of halogens is 2. The zero-order valence-corrected chi connectivity index (χ0v) is 12.2. The van der Waals surface area contributed by atoms with E-state index >= 15 is 0 Å². The van der Waals surface area contributed by atoms with Gasteiger partial charge in [-0.25, -0.2) is 0 Å². The van der Waals surface area contributed by atoms with Crippen molar-refractivity contribution >= 4 is 50.1 Å². The summed E-state index contributed by atoms with van der Waals surface area (Å²) in [4.78, 5) is 8.25. The zero-order valence-electron chi connectivity index (χ0n) is 9.91. The van der Waals surface area contributed by atoms with Crippen molar-refractivity contribution < 1.29 is 0 Å². The maximum absolute atomic E-state index is 5.89. The molecule has 0 saturated carbocycles. The Kier molecular flexibility index (Phi) is 3.12. The highest BCUT2D eigenvalue weighted by Crippen LogP contribution is 2.26. The summed E-state index contributed by atoms with van der Waals surface area (Å²) in [5.41, 5.74) is 2.67. The lowest BCUT2D eigenvalue weighted by Crippen LogP contribution is -1.96. The van der Waals surface area contributed by atoms with E-state index in [1.807, 2.05) is 25.1 Å². The van der Waals surface area contributed by atoms with Crippen LogP contribution in [-0.2, 0) is 0 Å². The van der Waals surface area contributed by atoms with Crippen LogP contribution in [0.4, 0.5) is 11.5 Å². The first-order valence-corrected chi connectivity index (χ1v) is 6.70. The first kappa shape index (κ1) is 12.4. The van der Waals surface area contributed by atoms with Gasteiger partial charge in [-0.2, -0.15) is 15.1 Å². The van der Waals surface area contributed by atoms with Crippen molar-refractivity contribution in [3.8, 4) is 0 Å². The van der Waals surface area contributed by atoms with Gasteiger partial charge < -0.3 is 5.32 Å². The molecule has 19 heavy (non-hydrogen) atoms. The number of hydrogen-bond donors (Lipinski definition) is 2. The Morgan fingerprint density at radius 3 is 2.95 bits per heavy atom. The highest BCUT2D eigenvalue weighted by molar-refractivity contribution is 9.10. The summed E-state index contributed by atoms with van der Waals surface area (Å²) in [7, 11) is 0. The molecular formula is C12H9BrClN5. The van der Waals surface area contributed by atoms with Gasteiger partial charge in [0, 0.05) is 10.2 Å². The molecule has 0 radical (unpaired) electrons. The summed E-state index contributed by atoms with van der Waals surface area (Å²) < 4.78 is 1.06. The van der Waals surface area contributed by atoms with Crippen LogP contribution in [0.3, 0.4) is 0 Å². The van der Waals surface area contributed by atoms with Gasteiger partial charge in [-0.3, -0.25) is 5.10 Å². The molecule has 0 unspecified atom stereocenters. The SMILES string of the molecule is Cc1cc(Nc2nc(Cl)nc3[nH]ncc23)ccc1Br. The Bertz CT molecular complexity index is 755. The van der Waals surface area contributed by atoms with Gasteiger partial charge in [0.15, 0.2) is 5.65 Å². The lowest BCUT2D eigenvalue weighted by molar-refractivity contribution is 1.09. The normalized spacial score (nSPS) is 10.9. The van der Waals surface area contributed by atoms with Crippen molar-refractivity contribution in [2.24, 2.45) is 0 Å². The monoisotopic (exact) mass is 337 g/mol. The van der Waals surface area contributed by atoms with E-state index in [0.29, 0.717) is 11.5 Å². The summed E-state index contributed by atoms with van der Waals surface area (Å²) in [6.07, 6.45) is 1.67. The number of rotatable bonds is 2. The minimum Gasteiger partial charge on any atom is -0.339 e. The van der Waals surface area contributed by atoms with E-state index in [1.54, 1.807) is 6.20 Å². The van der Waals surface area contributed by atoms with Crippen LogP contribution in [0.25, 0.3) is 11.0 Å². The number of benzene rings is 1. The second-order valence-corrected chi connectivity index (χ2v) is 5.25. The van der Waals surface area contributed by atoms with Crippen molar-refractivity contribution in [1.82, 2.24) is 20.2 Å². The van der Waals surface area contributed by atoms with Crippen LogP contribution in [0, 0.1) is 6.92 Å². The first-order chi connectivity index (χ1) is 9.13. The molecule has 0 saturated heterocycles. The van der Waals surface area contributed by atoms with Gasteiger partial charge >= 0.3 is 0 Å². The van der Waals surface area contributed by atoms with Crippen LogP contribution in [-0.4, -0.2) is 20.2 Å². The van der Waals surface area contributed by atoms with Gasteiger partial charge in [0.1, 0.15) is 5.82 Å². The molecule has 0 aliphatic rings. The molecule has 0 atom stereocenters. The van der Waals surface area contributed by atoms with Gasteiger partial charge in [-0.1, -0.05) is 15.9 Å². The number of aromatic nitrogens is 4. The van der Waals surface area contributed by atoms with Gasteiger partial charge in [0.2, 0.25) is 5.28 Å². The second-order valence-electron chi connectivity index (χ2n) is 4.06. The van der Waals surface area contributed by atoms with Crippen molar-refractivity contribution in [3.05, 3.63) is 39.7 Å². The third-order valence-electron chi connectivity index (χ3n) is 2.70. The largest absolute Gasteiger partial charge is 0.339 e. The molecule has 2 heterocycles. The number of nitrogens with zero attached hydrogens (tertiary/aromatic N) is 3. The highest BCUT2D eigenvalue weighted by Gasteiger charge is 2.09.